The van der Waals surface area contributed by atoms with Gasteiger partial charge in [-0.25, -0.2) is 9.89 Å². The number of rotatable bonds is 3. The number of aromatic amines is 1. The summed E-state index contributed by atoms with van der Waals surface area (Å²) in [5.74, 6) is -0.101. The average molecular weight is 222 g/mol. The molecule has 0 bridgehead atoms. The Bertz CT molecular complexity index is 545. The zero-order chi connectivity index (χ0) is 11.7. The predicted octanol–water partition coefficient (Wildman–Crippen LogP) is 0.292. The SMILES string of the molecule is CCC(O)C(C)c1ccc2n[nH]c(=O)n2n1. The van der Waals surface area contributed by atoms with Gasteiger partial charge in [-0.1, -0.05) is 13.8 Å². The topological polar surface area (TPSA) is 83.3 Å². The number of hydrogen-bond acceptors (Lipinski definition) is 4. The number of H-pyrrole nitrogens is 1. The van der Waals surface area contributed by atoms with E-state index in [0.29, 0.717) is 17.8 Å². The van der Waals surface area contributed by atoms with Gasteiger partial charge in [0.25, 0.3) is 0 Å². The maximum absolute atomic E-state index is 11.3. The van der Waals surface area contributed by atoms with Gasteiger partial charge in [-0.2, -0.15) is 14.7 Å². The van der Waals surface area contributed by atoms with E-state index in [1.54, 1.807) is 12.1 Å². The Labute approximate surface area is 91.9 Å². The fourth-order valence-electron chi connectivity index (χ4n) is 1.61. The summed E-state index contributed by atoms with van der Waals surface area (Å²) in [4.78, 5) is 11.3. The van der Waals surface area contributed by atoms with Crippen molar-refractivity contribution in [3.63, 3.8) is 0 Å². The number of aliphatic hydroxyl groups excluding tert-OH is 1. The van der Waals surface area contributed by atoms with Crippen LogP contribution >= 0.6 is 0 Å². The normalized spacial score (nSPS) is 15.2. The van der Waals surface area contributed by atoms with Gasteiger partial charge in [0.1, 0.15) is 0 Å². The molecule has 0 saturated carbocycles. The molecular weight excluding hydrogens is 208 g/mol. The van der Waals surface area contributed by atoms with Crippen LogP contribution in [0, 0.1) is 0 Å². The first-order valence-electron chi connectivity index (χ1n) is 5.26. The van der Waals surface area contributed by atoms with E-state index in [-0.39, 0.29) is 11.6 Å². The standard InChI is InChI=1S/C10H14N4O2/c1-3-8(15)6(2)7-4-5-9-11-12-10(16)14(9)13-7/h4-6,8,15H,3H2,1-2H3,(H,12,16). The molecule has 2 aromatic heterocycles. The molecule has 0 saturated heterocycles. The molecule has 0 aromatic carbocycles. The molecule has 0 aliphatic carbocycles. The van der Waals surface area contributed by atoms with Crippen LogP contribution in [0.25, 0.3) is 5.65 Å². The van der Waals surface area contributed by atoms with Crippen LogP contribution in [-0.4, -0.2) is 31.0 Å². The van der Waals surface area contributed by atoms with Gasteiger partial charge >= 0.3 is 5.69 Å². The second kappa shape index (κ2) is 4.05. The second-order valence-corrected chi connectivity index (χ2v) is 3.82. The Morgan fingerprint density at radius 1 is 1.56 bits per heavy atom. The number of fused-ring (bicyclic) bond motifs is 1. The first-order chi connectivity index (χ1) is 7.63. The highest BCUT2D eigenvalue weighted by atomic mass is 16.3. The van der Waals surface area contributed by atoms with Crippen molar-refractivity contribution in [1.82, 2.24) is 19.8 Å². The van der Waals surface area contributed by atoms with Crippen molar-refractivity contribution in [2.45, 2.75) is 32.3 Å². The van der Waals surface area contributed by atoms with Crippen molar-refractivity contribution in [1.29, 1.82) is 0 Å². The summed E-state index contributed by atoms with van der Waals surface area (Å²) in [6, 6.07) is 3.48. The maximum Gasteiger partial charge on any atom is 0.364 e. The maximum atomic E-state index is 11.3. The Morgan fingerprint density at radius 2 is 2.31 bits per heavy atom. The summed E-state index contributed by atoms with van der Waals surface area (Å²) >= 11 is 0. The molecule has 0 aliphatic rings. The van der Waals surface area contributed by atoms with Gasteiger partial charge in [-0.15, -0.1) is 0 Å². The van der Waals surface area contributed by atoms with Crippen molar-refractivity contribution in [2.75, 3.05) is 0 Å². The van der Waals surface area contributed by atoms with E-state index in [1.807, 2.05) is 13.8 Å². The fraction of sp³-hybridized carbons (Fsp3) is 0.500. The molecule has 6 nitrogen and oxygen atoms in total. The minimum atomic E-state index is -0.451. The zero-order valence-electron chi connectivity index (χ0n) is 9.21. The third kappa shape index (κ3) is 1.71. The molecule has 0 aliphatic heterocycles. The Hall–Kier alpha value is -1.69. The van der Waals surface area contributed by atoms with Crippen molar-refractivity contribution >= 4 is 5.65 Å². The van der Waals surface area contributed by atoms with Gasteiger partial charge in [0.05, 0.1) is 11.8 Å². The molecule has 0 amide bonds. The molecule has 0 fully saturated rings. The van der Waals surface area contributed by atoms with Gasteiger partial charge in [0.15, 0.2) is 5.65 Å². The number of aliphatic hydroxyl groups is 1. The zero-order valence-corrected chi connectivity index (χ0v) is 9.21. The molecule has 2 rings (SSSR count). The molecule has 2 atom stereocenters. The molecule has 2 heterocycles. The summed E-state index contributed by atoms with van der Waals surface area (Å²) in [7, 11) is 0. The molecule has 86 valence electrons. The Kier molecular flexibility index (Phi) is 2.74. The lowest BCUT2D eigenvalue weighted by molar-refractivity contribution is 0.143. The van der Waals surface area contributed by atoms with Crippen LogP contribution in [0.5, 0.6) is 0 Å². The van der Waals surface area contributed by atoms with Crippen molar-refractivity contribution in [2.24, 2.45) is 0 Å². The van der Waals surface area contributed by atoms with Gasteiger partial charge in [-0.3, -0.25) is 0 Å². The smallest absolute Gasteiger partial charge is 0.364 e. The Balaban J connectivity index is 2.46. The van der Waals surface area contributed by atoms with Crippen molar-refractivity contribution in [3.05, 3.63) is 28.3 Å². The monoisotopic (exact) mass is 222 g/mol. The van der Waals surface area contributed by atoms with E-state index in [9.17, 15) is 9.90 Å². The third-order valence-electron chi connectivity index (χ3n) is 2.76. The lowest BCUT2D eigenvalue weighted by atomic mass is 9.99. The summed E-state index contributed by atoms with van der Waals surface area (Å²) in [5.41, 5.74) is 0.798. The van der Waals surface area contributed by atoms with Gasteiger partial charge in [0.2, 0.25) is 0 Å². The van der Waals surface area contributed by atoms with Crippen LogP contribution in [0.4, 0.5) is 0 Å². The molecule has 2 N–H and O–H groups in total. The number of nitrogens with zero attached hydrogens (tertiary/aromatic N) is 3. The van der Waals surface area contributed by atoms with Crippen LogP contribution in [-0.2, 0) is 0 Å². The second-order valence-electron chi connectivity index (χ2n) is 3.82. The minimum Gasteiger partial charge on any atom is -0.392 e. The van der Waals surface area contributed by atoms with Crippen LogP contribution in [0.15, 0.2) is 16.9 Å². The molecule has 2 unspecified atom stereocenters. The molecule has 2 aromatic rings. The average Bonchev–Trinajstić information content (AvgIpc) is 2.68. The minimum absolute atomic E-state index is 0.101. The molecular formula is C10H14N4O2. The van der Waals surface area contributed by atoms with Gasteiger partial charge in [0, 0.05) is 5.92 Å². The largest absolute Gasteiger partial charge is 0.392 e. The van der Waals surface area contributed by atoms with Crippen LogP contribution in [0.3, 0.4) is 0 Å². The van der Waals surface area contributed by atoms with Crippen LogP contribution in [0.2, 0.25) is 0 Å². The van der Waals surface area contributed by atoms with E-state index in [2.05, 4.69) is 15.3 Å². The molecule has 0 radical (unpaired) electrons. The highest BCUT2D eigenvalue weighted by Crippen LogP contribution is 2.18. The third-order valence-corrected chi connectivity index (χ3v) is 2.76. The van der Waals surface area contributed by atoms with Crippen molar-refractivity contribution < 1.29 is 5.11 Å². The van der Waals surface area contributed by atoms with Gasteiger partial charge in [-0.05, 0) is 18.6 Å². The number of nitrogens with one attached hydrogen (secondary N) is 1. The quantitative estimate of drug-likeness (QED) is 0.782. The highest BCUT2D eigenvalue weighted by Gasteiger charge is 2.16. The summed E-state index contributed by atoms with van der Waals surface area (Å²) in [5, 5.41) is 20.0. The van der Waals surface area contributed by atoms with E-state index in [4.69, 9.17) is 0 Å². The number of aromatic nitrogens is 4. The van der Waals surface area contributed by atoms with Crippen LogP contribution < -0.4 is 5.69 Å². The lowest BCUT2D eigenvalue weighted by Crippen LogP contribution is -2.19. The highest BCUT2D eigenvalue weighted by molar-refractivity contribution is 5.35. The molecule has 16 heavy (non-hydrogen) atoms. The lowest BCUT2D eigenvalue weighted by Gasteiger charge is -2.15. The Morgan fingerprint density at radius 3 is 3.00 bits per heavy atom. The van der Waals surface area contributed by atoms with E-state index >= 15 is 0 Å². The first kappa shape index (κ1) is 10.8. The summed E-state index contributed by atoms with van der Waals surface area (Å²) in [6.07, 6.45) is 0.203. The fourth-order valence-corrected chi connectivity index (χ4v) is 1.61. The van der Waals surface area contributed by atoms with Crippen LogP contribution in [0.1, 0.15) is 31.9 Å². The van der Waals surface area contributed by atoms with E-state index in [0.717, 1.165) is 0 Å². The summed E-state index contributed by atoms with van der Waals surface area (Å²) < 4.78 is 1.20. The molecule has 6 heteroatoms. The van der Waals surface area contributed by atoms with Gasteiger partial charge < -0.3 is 5.11 Å². The van der Waals surface area contributed by atoms with Crippen molar-refractivity contribution in [3.8, 4) is 0 Å². The predicted molar refractivity (Wildman–Crippen MR) is 58.3 cm³/mol. The first-order valence-corrected chi connectivity index (χ1v) is 5.26. The number of hydrogen-bond donors (Lipinski definition) is 2. The van der Waals surface area contributed by atoms with E-state index in [1.165, 1.54) is 4.52 Å². The molecule has 0 spiro atoms. The van der Waals surface area contributed by atoms with E-state index < -0.39 is 6.10 Å². The summed E-state index contributed by atoms with van der Waals surface area (Å²) in [6.45, 7) is 3.79.